The van der Waals surface area contributed by atoms with Crippen molar-refractivity contribution in [3.05, 3.63) is 57.4 Å². The molecule has 0 unspecified atom stereocenters. The summed E-state index contributed by atoms with van der Waals surface area (Å²) >= 11 is 3.20. The predicted octanol–water partition coefficient (Wildman–Crippen LogP) is 2.20. The fourth-order valence-electron chi connectivity index (χ4n) is 1.71. The lowest BCUT2D eigenvalue weighted by Crippen LogP contribution is -2.23. The third kappa shape index (κ3) is 1.95. The van der Waals surface area contributed by atoms with Crippen LogP contribution in [0.1, 0.15) is 5.69 Å². The van der Waals surface area contributed by atoms with E-state index in [0.29, 0.717) is 22.2 Å². The van der Waals surface area contributed by atoms with Gasteiger partial charge in [-0.05, 0) is 28.1 Å². The van der Waals surface area contributed by atoms with Crippen LogP contribution in [-0.2, 0) is 6.54 Å². The maximum absolute atomic E-state index is 12.1. The van der Waals surface area contributed by atoms with E-state index in [9.17, 15) is 4.79 Å². The highest BCUT2D eigenvalue weighted by Gasteiger charge is 2.09. The van der Waals surface area contributed by atoms with Crippen molar-refractivity contribution in [2.45, 2.75) is 6.54 Å². The minimum atomic E-state index is -0.187. The fraction of sp³-hybridized carbons (Fsp3) is 0.0833. The van der Waals surface area contributed by atoms with E-state index >= 15 is 0 Å². The molecule has 3 aromatic rings. The quantitative estimate of drug-likeness (QED) is 0.728. The summed E-state index contributed by atoms with van der Waals surface area (Å²) in [7, 11) is 0. The van der Waals surface area contributed by atoms with Gasteiger partial charge in [0.15, 0.2) is 10.3 Å². The standard InChI is InChI=1S/C12H8BrN3O2/c13-11-5-9-10(18-11)6-15-16(12(9)17)7-8-3-1-2-4-14-8/h1-6H,7H2. The number of pyridine rings is 1. The first-order valence-corrected chi connectivity index (χ1v) is 6.08. The largest absolute Gasteiger partial charge is 0.447 e. The van der Waals surface area contributed by atoms with Crippen LogP contribution in [0.5, 0.6) is 0 Å². The molecule has 6 heteroatoms. The minimum absolute atomic E-state index is 0.187. The molecule has 5 nitrogen and oxygen atoms in total. The van der Waals surface area contributed by atoms with Crippen molar-refractivity contribution in [2.75, 3.05) is 0 Å². The molecule has 0 atom stereocenters. The Bertz CT molecular complexity index is 749. The van der Waals surface area contributed by atoms with E-state index in [1.165, 1.54) is 10.9 Å². The van der Waals surface area contributed by atoms with E-state index in [1.807, 2.05) is 18.2 Å². The third-order valence-corrected chi connectivity index (χ3v) is 2.94. The van der Waals surface area contributed by atoms with E-state index in [-0.39, 0.29) is 5.56 Å². The molecule has 3 rings (SSSR count). The van der Waals surface area contributed by atoms with Crippen LogP contribution in [0, 0.1) is 0 Å². The number of halogens is 1. The first-order chi connectivity index (χ1) is 8.74. The van der Waals surface area contributed by atoms with Gasteiger partial charge in [-0.1, -0.05) is 6.07 Å². The number of furan rings is 1. The van der Waals surface area contributed by atoms with Crippen molar-refractivity contribution >= 4 is 26.9 Å². The second-order valence-electron chi connectivity index (χ2n) is 3.76. The molecule has 0 amide bonds. The molecule has 0 aromatic carbocycles. The van der Waals surface area contributed by atoms with E-state index in [2.05, 4.69) is 26.0 Å². The summed E-state index contributed by atoms with van der Waals surface area (Å²) in [5.41, 5.74) is 1.07. The number of fused-ring (bicyclic) bond motifs is 1. The van der Waals surface area contributed by atoms with Gasteiger partial charge >= 0.3 is 0 Å². The maximum Gasteiger partial charge on any atom is 0.278 e. The lowest BCUT2D eigenvalue weighted by atomic mass is 10.3. The molecule has 90 valence electrons. The van der Waals surface area contributed by atoms with Crippen LogP contribution < -0.4 is 5.56 Å². The zero-order valence-corrected chi connectivity index (χ0v) is 10.8. The molecule has 0 aliphatic rings. The van der Waals surface area contributed by atoms with Gasteiger partial charge in [0.05, 0.1) is 23.8 Å². The van der Waals surface area contributed by atoms with Crippen molar-refractivity contribution in [1.29, 1.82) is 0 Å². The van der Waals surface area contributed by atoms with Gasteiger partial charge < -0.3 is 4.42 Å². The maximum atomic E-state index is 12.1. The summed E-state index contributed by atoms with van der Waals surface area (Å²) < 4.78 is 7.17. The summed E-state index contributed by atoms with van der Waals surface area (Å²) in [6, 6.07) is 7.20. The van der Waals surface area contributed by atoms with Crippen molar-refractivity contribution in [3.8, 4) is 0 Å². The lowest BCUT2D eigenvalue weighted by molar-refractivity contribution is 0.575. The molecule has 3 aromatic heterocycles. The topological polar surface area (TPSA) is 60.9 Å². The van der Waals surface area contributed by atoms with Crippen LogP contribution in [0.15, 0.2) is 50.5 Å². The van der Waals surface area contributed by atoms with Crippen LogP contribution in [0.4, 0.5) is 0 Å². The van der Waals surface area contributed by atoms with Crippen molar-refractivity contribution in [2.24, 2.45) is 0 Å². The van der Waals surface area contributed by atoms with Gasteiger partial charge in [-0.3, -0.25) is 9.78 Å². The molecule has 0 aliphatic carbocycles. The molecular weight excluding hydrogens is 298 g/mol. The van der Waals surface area contributed by atoms with E-state index in [4.69, 9.17) is 4.42 Å². The van der Waals surface area contributed by atoms with Crippen LogP contribution in [0.25, 0.3) is 11.0 Å². The molecule has 0 saturated heterocycles. The van der Waals surface area contributed by atoms with Crippen molar-refractivity contribution in [3.63, 3.8) is 0 Å². The molecule has 0 saturated carbocycles. The molecule has 18 heavy (non-hydrogen) atoms. The number of hydrogen-bond donors (Lipinski definition) is 0. The minimum Gasteiger partial charge on any atom is -0.447 e. The highest BCUT2D eigenvalue weighted by molar-refractivity contribution is 9.10. The van der Waals surface area contributed by atoms with E-state index < -0.39 is 0 Å². The summed E-state index contributed by atoms with van der Waals surface area (Å²) in [4.78, 5) is 16.3. The second-order valence-corrected chi connectivity index (χ2v) is 4.54. The van der Waals surface area contributed by atoms with Crippen LogP contribution in [0.2, 0.25) is 0 Å². The average Bonchev–Trinajstić information content (AvgIpc) is 2.76. The Labute approximate surface area is 110 Å². The monoisotopic (exact) mass is 305 g/mol. The smallest absolute Gasteiger partial charge is 0.278 e. The Morgan fingerprint density at radius 1 is 1.39 bits per heavy atom. The first kappa shape index (κ1) is 11.2. The molecule has 3 heterocycles. The third-order valence-electron chi connectivity index (χ3n) is 2.55. The fourth-order valence-corrected chi connectivity index (χ4v) is 2.11. The normalized spacial score (nSPS) is 10.9. The van der Waals surface area contributed by atoms with Crippen molar-refractivity contribution in [1.82, 2.24) is 14.8 Å². The van der Waals surface area contributed by atoms with Gasteiger partial charge in [0.1, 0.15) is 0 Å². The molecule has 0 radical (unpaired) electrons. The lowest BCUT2D eigenvalue weighted by Gasteiger charge is -2.02. The molecule has 0 bridgehead atoms. The zero-order chi connectivity index (χ0) is 12.5. The van der Waals surface area contributed by atoms with E-state index in [0.717, 1.165) is 5.69 Å². The Balaban J connectivity index is 2.08. The zero-order valence-electron chi connectivity index (χ0n) is 9.21. The Morgan fingerprint density at radius 3 is 3.06 bits per heavy atom. The number of hydrogen-bond acceptors (Lipinski definition) is 4. The van der Waals surface area contributed by atoms with Gasteiger partial charge in [0.25, 0.3) is 5.56 Å². The Hall–Kier alpha value is -1.95. The van der Waals surface area contributed by atoms with Crippen LogP contribution in [-0.4, -0.2) is 14.8 Å². The van der Waals surface area contributed by atoms with Gasteiger partial charge in [-0.25, -0.2) is 4.68 Å². The molecule has 0 aliphatic heterocycles. The molecular formula is C12H8BrN3O2. The highest BCUT2D eigenvalue weighted by Crippen LogP contribution is 2.19. The van der Waals surface area contributed by atoms with Crippen LogP contribution in [0.3, 0.4) is 0 Å². The SMILES string of the molecule is O=c1c2cc(Br)oc2cnn1Cc1ccccn1. The predicted molar refractivity (Wildman–Crippen MR) is 69.3 cm³/mol. The summed E-state index contributed by atoms with van der Waals surface area (Å²) in [5.74, 6) is 0. The van der Waals surface area contributed by atoms with Gasteiger partial charge in [-0.15, -0.1) is 0 Å². The first-order valence-electron chi connectivity index (χ1n) is 5.29. The molecule has 0 fully saturated rings. The van der Waals surface area contributed by atoms with Crippen molar-refractivity contribution < 1.29 is 4.42 Å². The number of rotatable bonds is 2. The Kier molecular flexibility index (Phi) is 2.71. The van der Waals surface area contributed by atoms with Gasteiger partial charge in [0, 0.05) is 12.3 Å². The second kappa shape index (κ2) is 4.38. The average molecular weight is 306 g/mol. The highest BCUT2D eigenvalue weighted by atomic mass is 79.9. The summed E-state index contributed by atoms with van der Waals surface area (Å²) in [5, 5.41) is 4.57. The summed E-state index contributed by atoms with van der Waals surface area (Å²) in [6.45, 7) is 0.346. The number of aromatic nitrogens is 3. The summed E-state index contributed by atoms with van der Waals surface area (Å²) in [6.07, 6.45) is 3.22. The molecule has 0 spiro atoms. The number of nitrogens with zero attached hydrogens (tertiary/aromatic N) is 3. The van der Waals surface area contributed by atoms with E-state index in [1.54, 1.807) is 12.3 Å². The van der Waals surface area contributed by atoms with Gasteiger partial charge in [-0.2, -0.15) is 5.10 Å². The van der Waals surface area contributed by atoms with Gasteiger partial charge in [0.2, 0.25) is 0 Å². The Morgan fingerprint density at radius 2 is 2.28 bits per heavy atom. The molecule has 0 N–H and O–H groups in total. The van der Waals surface area contributed by atoms with Crippen LogP contribution >= 0.6 is 15.9 Å².